The molecule has 0 amide bonds. The Morgan fingerprint density at radius 1 is 1.19 bits per heavy atom. The first-order valence-electron chi connectivity index (χ1n) is 7.69. The Bertz CT molecular complexity index is 515. The first kappa shape index (κ1) is 18.1. The lowest BCUT2D eigenvalue weighted by atomic mass is 10.1. The van der Waals surface area contributed by atoms with Crippen molar-refractivity contribution in [1.29, 1.82) is 0 Å². The molecular weight excluding hydrogens is 284 g/mol. The van der Waals surface area contributed by atoms with Gasteiger partial charge in [0.05, 0.1) is 5.75 Å². The smallest absolute Gasteiger partial charge is 0.216 e. The quantitative estimate of drug-likeness (QED) is 0.653. The molecule has 1 aromatic carbocycles. The first-order valence-corrected chi connectivity index (χ1v) is 9.34. The lowest BCUT2D eigenvalue weighted by molar-refractivity contribution is 0.526. The summed E-state index contributed by atoms with van der Waals surface area (Å²) in [6.07, 6.45) is 4.26. The average Bonchev–Trinajstić information content (AvgIpc) is 2.38. The zero-order valence-corrected chi connectivity index (χ0v) is 14.2. The summed E-state index contributed by atoms with van der Waals surface area (Å²) in [6.45, 7) is 4.83. The van der Waals surface area contributed by atoms with Gasteiger partial charge in [0.15, 0.2) is 0 Å². The molecule has 0 bridgehead atoms. The van der Waals surface area contributed by atoms with Gasteiger partial charge in [0, 0.05) is 12.6 Å². The zero-order valence-electron chi connectivity index (χ0n) is 13.4. The standard InChI is InChI=1S/C16H28N2O2S/c1-4-5-6-8-14(2)18-21(19,20)13-16-10-7-9-15(11-16)12-17-3/h7,9-11,14,17-18H,4-6,8,12-13H2,1-3H3. The molecule has 4 nitrogen and oxygen atoms in total. The van der Waals surface area contributed by atoms with Crippen molar-refractivity contribution in [2.24, 2.45) is 0 Å². The van der Waals surface area contributed by atoms with Crippen LogP contribution in [0.15, 0.2) is 24.3 Å². The third kappa shape index (κ3) is 7.60. The molecule has 1 unspecified atom stereocenters. The van der Waals surface area contributed by atoms with E-state index in [1.165, 1.54) is 0 Å². The van der Waals surface area contributed by atoms with Gasteiger partial charge in [0.2, 0.25) is 10.0 Å². The van der Waals surface area contributed by atoms with Gasteiger partial charge in [0.1, 0.15) is 0 Å². The predicted octanol–water partition coefficient (Wildman–Crippen LogP) is 2.79. The predicted molar refractivity (Wildman–Crippen MR) is 88.6 cm³/mol. The first-order chi connectivity index (χ1) is 9.96. The van der Waals surface area contributed by atoms with Gasteiger partial charge in [-0.15, -0.1) is 0 Å². The van der Waals surface area contributed by atoms with Gasteiger partial charge < -0.3 is 5.32 Å². The Balaban J connectivity index is 2.57. The highest BCUT2D eigenvalue weighted by molar-refractivity contribution is 7.88. The normalized spacial score (nSPS) is 13.3. The lowest BCUT2D eigenvalue weighted by Gasteiger charge is -2.14. The second kappa shape index (κ2) is 9.18. The van der Waals surface area contributed by atoms with Crippen molar-refractivity contribution in [2.45, 2.75) is 57.9 Å². The molecule has 1 rings (SSSR count). The number of nitrogens with one attached hydrogen (secondary N) is 2. The molecule has 1 atom stereocenters. The Morgan fingerprint density at radius 2 is 1.90 bits per heavy atom. The molecular formula is C16H28N2O2S. The van der Waals surface area contributed by atoms with E-state index < -0.39 is 10.0 Å². The van der Waals surface area contributed by atoms with Crippen LogP contribution in [0.1, 0.15) is 50.7 Å². The van der Waals surface area contributed by atoms with Crippen molar-refractivity contribution in [3.8, 4) is 0 Å². The van der Waals surface area contributed by atoms with Crippen LogP contribution >= 0.6 is 0 Å². The van der Waals surface area contributed by atoms with E-state index in [0.29, 0.717) is 0 Å². The van der Waals surface area contributed by atoms with E-state index in [0.717, 1.165) is 43.4 Å². The van der Waals surface area contributed by atoms with Gasteiger partial charge in [-0.25, -0.2) is 13.1 Å². The topological polar surface area (TPSA) is 58.2 Å². The maximum atomic E-state index is 12.2. The minimum atomic E-state index is -3.27. The molecule has 0 aromatic heterocycles. The van der Waals surface area contributed by atoms with Crippen LogP contribution in [-0.4, -0.2) is 21.5 Å². The SMILES string of the molecule is CCCCCC(C)NS(=O)(=O)Cc1cccc(CNC)c1. The number of rotatable bonds is 10. The van der Waals surface area contributed by atoms with Crippen molar-refractivity contribution in [3.05, 3.63) is 35.4 Å². The van der Waals surface area contributed by atoms with Crippen LogP contribution < -0.4 is 10.0 Å². The van der Waals surface area contributed by atoms with Crippen molar-refractivity contribution in [1.82, 2.24) is 10.0 Å². The van der Waals surface area contributed by atoms with Crippen LogP contribution in [0.4, 0.5) is 0 Å². The van der Waals surface area contributed by atoms with Gasteiger partial charge in [0.25, 0.3) is 0 Å². The molecule has 21 heavy (non-hydrogen) atoms. The maximum absolute atomic E-state index is 12.2. The van der Waals surface area contributed by atoms with Crippen LogP contribution in [0.5, 0.6) is 0 Å². The summed E-state index contributed by atoms with van der Waals surface area (Å²) in [4.78, 5) is 0. The van der Waals surface area contributed by atoms with E-state index in [4.69, 9.17) is 0 Å². The molecule has 0 spiro atoms. The van der Waals surface area contributed by atoms with Crippen LogP contribution in [0, 0.1) is 0 Å². The number of sulfonamides is 1. The molecule has 0 heterocycles. The monoisotopic (exact) mass is 312 g/mol. The zero-order chi connectivity index (χ0) is 15.7. The van der Waals surface area contributed by atoms with Crippen molar-refractivity contribution in [2.75, 3.05) is 7.05 Å². The largest absolute Gasteiger partial charge is 0.316 e. The highest BCUT2D eigenvalue weighted by Crippen LogP contribution is 2.10. The summed E-state index contributed by atoms with van der Waals surface area (Å²) in [5, 5.41) is 3.07. The summed E-state index contributed by atoms with van der Waals surface area (Å²) >= 11 is 0. The van der Waals surface area contributed by atoms with Crippen molar-refractivity contribution in [3.63, 3.8) is 0 Å². The fraction of sp³-hybridized carbons (Fsp3) is 0.625. The fourth-order valence-corrected chi connectivity index (χ4v) is 3.79. The molecule has 0 fully saturated rings. The molecule has 0 aliphatic heterocycles. The lowest BCUT2D eigenvalue weighted by Crippen LogP contribution is -2.33. The van der Waals surface area contributed by atoms with E-state index in [1.54, 1.807) is 0 Å². The second-order valence-electron chi connectivity index (χ2n) is 5.62. The van der Waals surface area contributed by atoms with Gasteiger partial charge in [-0.3, -0.25) is 0 Å². The Kier molecular flexibility index (Phi) is 7.93. The van der Waals surface area contributed by atoms with Crippen molar-refractivity contribution >= 4 is 10.0 Å². The third-order valence-corrected chi connectivity index (χ3v) is 4.83. The number of hydrogen-bond donors (Lipinski definition) is 2. The van der Waals surface area contributed by atoms with Gasteiger partial charge in [-0.05, 0) is 31.5 Å². The van der Waals surface area contributed by atoms with E-state index in [-0.39, 0.29) is 11.8 Å². The summed E-state index contributed by atoms with van der Waals surface area (Å²) in [5.41, 5.74) is 1.93. The second-order valence-corrected chi connectivity index (χ2v) is 7.38. The summed E-state index contributed by atoms with van der Waals surface area (Å²) in [5.74, 6) is 0.0443. The van der Waals surface area contributed by atoms with E-state index in [1.807, 2.05) is 38.2 Å². The molecule has 0 saturated carbocycles. The summed E-state index contributed by atoms with van der Waals surface area (Å²) in [6, 6.07) is 7.70. The van der Waals surface area contributed by atoms with Crippen LogP contribution in [0.3, 0.4) is 0 Å². The number of hydrogen-bond acceptors (Lipinski definition) is 3. The van der Waals surface area contributed by atoms with Crippen LogP contribution in [-0.2, 0) is 22.3 Å². The molecule has 0 aliphatic rings. The third-order valence-electron chi connectivity index (χ3n) is 3.35. The minimum absolute atomic E-state index is 0.00189. The molecule has 0 saturated heterocycles. The molecule has 1 aromatic rings. The fourth-order valence-electron chi connectivity index (χ4n) is 2.36. The average molecular weight is 312 g/mol. The summed E-state index contributed by atoms with van der Waals surface area (Å²) < 4.78 is 27.1. The van der Waals surface area contributed by atoms with Gasteiger partial charge in [-0.2, -0.15) is 0 Å². The molecule has 0 radical (unpaired) electrons. The highest BCUT2D eigenvalue weighted by Gasteiger charge is 2.15. The molecule has 0 aliphatic carbocycles. The molecule has 5 heteroatoms. The Hall–Kier alpha value is -0.910. The molecule has 2 N–H and O–H groups in total. The van der Waals surface area contributed by atoms with Crippen LogP contribution in [0.25, 0.3) is 0 Å². The highest BCUT2D eigenvalue weighted by atomic mass is 32.2. The van der Waals surface area contributed by atoms with E-state index in [2.05, 4.69) is 17.0 Å². The van der Waals surface area contributed by atoms with E-state index >= 15 is 0 Å². The Morgan fingerprint density at radius 3 is 2.57 bits per heavy atom. The summed E-state index contributed by atoms with van der Waals surface area (Å²) in [7, 11) is -1.40. The van der Waals surface area contributed by atoms with Crippen LogP contribution in [0.2, 0.25) is 0 Å². The maximum Gasteiger partial charge on any atom is 0.216 e. The van der Waals surface area contributed by atoms with Gasteiger partial charge >= 0.3 is 0 Å². The number of unbranched alkanes of at least 4 members (excludes halogenated alkanes) is 2. The number of benzene rings is 1. The molecule has 120 valence electrons. The minimum Gasteiger partial charge on any atom is -0.316 e. The Labute approximate surface area is 129 Å². The van der Waals surface area contributed by atoms with Gasteiger partial charge in [-0.1, -0.05) is 50.5 Å². The van der Waals surface area contributed by atoms with Crippen molar-refractivity contribution < 1.29 is 8.42 Å². The van der Waals surface area contributed by atoms with E-state index in [9.17, 15) is 8.42 Å².